The molecule has 1 fully saturated rings. The van der Waals surface area contributed by atoms with E-state index in [0.717, 1.165) is 55.6 Å². The smallest absolute Gasteiger partial charge is 0.187 e. The van der Waals surface area contributed by atoms with Crippen molar-refractivity contribution in [3.8, 4) is 5.75 Å². The number of aromatic nitrogens is 2. The Morgan fingerprint density at radius 1 is 1.18 bits per heavy atom. The monoisotopic (exact) mass is 402 g/mol. The summed E-state index contributed by atoms with van der Waals surface area (Å²) in [7, 11) is 0. The number of hydrogen-bond acceptors (Lipinski definition) is 7. The topological polar surface area (TPSA) is 61.7 Å². The van der Waals surface area contributed by atoms with Gasteiger partial charge in [0.1, 0.15) is 5.75 Å². The number of aliphatic hydroxyl groups is 1. The second-order valence-electron chi connectivity index (χ2n) is 6.99. The average molecular weight is 403 g/mol. The van der Waals surface area contributed by atoms with Gasteiger partial charge in [-0.15, -0.1) is 0 Å². The molecule has 0 spiro atoms. The highest BCUT2D eigenvalue weighted by atomic mass is 32.2. The molecule has 3 rings (SSSR count). The van der Waals surface area contributed by atoms with Crippen molar-refractivity contribution in [2.24, 2.45) is 0 Å². The van der Waals surface area contributed by atoms with Crippen molar-refractivity contribution in [1.29, 1.82) is 0 Å². The van der Waals surface area contributed by atoms with E-state index in [2.05, 4.69) is 31.9 Å². The van der Waals surface area contributed by atoms with E-state index in [4.69, 9.17) is 4.74 Å². The quantitative estimate of drug-likeness (QED) is 0.511. The fourth-order valence-electron chi connectivity index (χ4n) is 3.67. The predicted octanol–water partition coefficient (Wildman–Crippen LogP) is 2.67. The van der Waals surface area contributed by atoms with Crippen molar-refractivity contribution in [2.45, 2.75) is 37.6 Å². The second-order valence-corrected chi connectivity index (χ2v) is 7.76. The number of nitrogens with zero attached hydrogens (tertiary/aromatic N) is 4. The Kier molecular flexibility index (Phi) is 8.09. The van der Waals surface area contributed by atoms with Gasteiger partial charge in [-0.2, -0.15) is 0 Å². The van der Waals surface area contributed by atoms with Gasteiger partial charge in [-0.25, -0.2) is 9.97 Å². The molecule has 1 atom stereocenters. The van der Waals surface area contributed by atoms with E-state index in [0.29, 0.717) is 12.6 Å². The maximum atomic E-state index is 9.58. The van der Waals surface area contributed by atoms with E-state index in [9.17, 15) is 5.11 Å². The number of piperazine rings is 1. The van der Waals surface area contributed by atoms with E-state index in [1.807, 2.05) is 37.7 Å². The Hall–Kier alpha value is -1.67. The van der Waals surface area contributed by atoms with Crippen LogP contribution in [0.1, 0.15) is 24.5 Å². The van der Waals surface area contributed by atoms with Gasteiger partial charge in [-0.05, 0) is 25.7 Å². The molecular weight excluding hydrogens is 372 g/mol. The summed E-state index contributed by atoms with van der Waals surface area (Å²) in [5, 5.41) is 10.4. The zero-order valence-electron chi connectivity index (χ0n) is 16.8. The summed E-state index contributed by atoms with van der Waals surface area (Å²) in [6.07, 6.45) is 6.60. The van der Waals surface area contributed by atoms with E-state index < -0.39 is 0 Å². The molecular formula is C21H30N4O2S. The first kappa shape index (κ1) is 21.0. The maximum absolute atomic E-state index is 9.58. The predicted molar refractivity (Wildman–Crippen MR) is 113 cm³/mol. The molecule has 2 aromatic rings. The van der Waals surface area contributed by atoms with E-state index in [1.165, 1.54) is 5.56 Å². The zero-order chi connectivity index (χ0) is 19.8. The number of rotatable bonds is 9. The summed E-state index contributed by atoms with van der Waals surface area (Å²) in [6, 6.07) is 8.57. The van der Waals surface area contributed by atoms with Gasteiger partial charge in [-0.1, -0.05) is 30.0 Å². The number of aliphatic hydroxyl groups excluding tert-OH is 1. The molecule has 1 aliphatic rings. The summed E-state index contributed by atoms with van der Waals surface area (Å²) in [5.74, 6) is 0.959. The van der Waals surface area contributed by atoms with Crippen LogP contribution in [0.3, 0.4) is 0 Å². The lowest BCUT2D eigenvalue weighted by Crippen LogP contribution is -2.52. The van der Waals surface area contributed by atoms with Gasteiger partial charge < -0.3 is 9.84 Å². The summed E-state index contributed by atoms with van der Waals surface area (Å²) in [6.45, 7) is 7.47. The largest absolute Gasteiger partial charge is 0.494 e. The number of hydrogen-bond donors (Lipinski definition) is 1. The van der Waals surface area contributed by atoms with Crippen LogP contribution in [0.2, 0.25) is 0 Å². The lowest BCUT2D eigenvalue weighted by molar-refractivity contribution is 0.0493. The van der Waals surface area contributed by atoms with Gasteiger partial charge in [-0.3, -0.25) is 9.80 Å². The molecule has 0 bridgehead atoms. The highest BCUT2D eigenvalue weighted by Crippen LogP contribution is 2.24. The van der Waals surface area contributed by atoms with E-state index in [1.54, 1.807) is 11.8 Å². The van der Waals surface area contributed by atoms with Crippen molar-refractivity contribution in [3.63, 3.8) is 0 Å². The minimum absolute atomic E-state index is 0.202. The molecule has 0 unspecified atom stereocenters. The molecule has 0 radical (unpaired) electrons. The summed E-state index contributed by atoms with van der Waals surface area (Å²) in [4.78, 5) is 13.7. The standard InChI is InChI=1S/C21H30N4O2S/c1-3-27-20-7-5-4-6-18(20)15-25-10-9-24(16-19(25)8-11-26)14-17-12-22-21(28-2)23-13-17/h4-7,12-13,19,26H,3,8-11,14-16H2,1-2H3/t19-/m1/s1. The molecule has 1 aromatic carbocycles. The third kappa shape index (κ3) is 5.67. The highest BCUT2D eigenvalue weighted by molar-refractivity contribution is 7.98. The van der Waals surface area contributed by atoms with Gasteiger partial charge in [0.25, 0.3) is 0 Å². The Morgan fingerprint density at radius 3 is 2.68 bits per heavy atom. The first-order valence-corrected chi connectivity index (χ1v) is 11.1. The lowest BCUT2D eigenvalue weighted by Gasteiger charge is -2.41. The molecule has 0 saturated carbocycles. The number of para-hydroxylation sites is 1. The molecule has 0 amide bonds. The third-order valence-corrected chi connectivity index (χ3v) is 5.64. The van der Waals surface area contributed by atoms with Crippen LogP contribution < -0.4 is 4.74 Å². The van der Waals surface area contributed by atoms with Crippen LogP contribution in [0.5, 0.6) is 5.75 Å². The number of ether oxygens (including phenoxy) is 1. The molecule has 28 heavy (non-hydrogen) atoms. The average Bonchev–Trinajstić information content (AvgIpc) is 2.72. The summed E-state index contributed by atoms with van der Waals surface area (Å²) >= 11 is 1.56. The van der Waals surface area contributed by atoms with Gasteiger partial charge in [0.2, 0.25) is 0 Å². The lowest BCUT2D eigenvalue weighted by atomic mass is 10.1. The SMILES string of the molecule is CCOc1ccccc1CN1CCN(Cc2cnc(SC)nc2)C[C@H]1CCO. The zero-order valence-corrected chi connectivity index (χ0v) is 17.6. The van der Waals surface area contributed by atoms with Crippen LogP contribution in [0.4, 0.5) is 0 Å². The van der Waals surface area contributed by atoms with Crippen LogP contribution in [-0.2, 0) is 13.1 Å². The van der Waals surface area contributed by atoms with Crippen molar-refractivity contribution in [1.82, 2.24) is 19.8 Å². The van der Waals surface area contributed by atoms with Crippen LogP contribution in [0.15, 0.2) is 41.8 Å². The molecule has 6 nitrogen and oxygen atoms in total. The molecule has 0 aliphatic carbocycles. The molecule has 1 aliphatic heterocycles. The second kappa shape index (κ2) is 10.8. The van der Waals surface area contributed by atoms with Crippen molar-refractivity contribution in [3.05, 3.63) is 47.8 Å². The highest BCUT2D eigenvalue weighted by Gasteiger charge is 2.27. The number of thioether (sulfide) groups is 1. The Bertz CT molecular complexity index is 729. The van der Waals surface area contributed by atoms with Crippen LogP contribution in [0.25, 0.3) is 0 Å². The van der Waals surface area contributed by atoms with Crippen LogP contribution >= 0.6 is 11.8 Å². The molecule has 7 heteroatoms. The minimum Gasteiger partial charge on any atom is -0.494 e. The van der Waals surface area contributed by atoms with E-state index in [-0.39, 0.29) is 6.61 Å². The molecule has 1 aromatic heterocycles. The van der Waals surface area contributed by atoms with Gasteiger partial charge in [0.15, 0.2) is 5.16 Å². The molecule has 152 valence electrons. The van der Waals surface area contributed by atoms with Crippen LogP contribution in [-0.4, -0.2) is 70.0 Å². The van der Waals surface area contributed by atoms with Gasteiger partial charge >= 0.3 is 0 Å². The van der Waals surface area contributed by atoms with Gasteiger partial charge in [0, 0.05) is 68.9 Å². The summed E-state index contributed by atoms with van der Waals surface area (Å²) < 4.78 is 5.79. The maximum Gasteiger partial charge on any atom is 0.187 e. The Balaban J connectivity index is 1.63. The fraction of sp³-hybridized carbons (Fsp3) is 0.524. The van der Waals surface area contributed by atoms with E-state index >= 15 is 0 Å². The third-order valence-electron chi connectivity index (χ3n) is 5.07. The molecule has 2 heterocycles. The van der Waals surface area contributed by atoms with Crippen molar-refractivity contribution < 1.29 is 9.84 Å². The Labute approximate surface area is 171 Å². The minimum atomic E-state index is 0.202. The van der Waals surface area contributed by atoms with Gasteiger partial charge in [0.05, 0.1) is 6.61 Å². The van der Waals surface area contributed by atoms with Crippen molar-refractivity contribution in [2.75, 3.05) is 39.1 Å². The molecule has 1 saturated heterocycles. The normalized spacial score (nSPS) is 18.3. The molecule has 1 N–H and O–H groups in total. The van der Waals surface area contributed by atoms with Crippen molar-refractivity contribution >= 4 is 11.8 Å². The fourth-order valence-corrected chi connectivity index (χ4v) is 3.99. The first-order chi connectivity index (χ1) is 13.7. The number of benzene rings is 1. The first-order valence-electron chi connectivity index (χ1n) is 9.86. The van der Waals surface area contributed by atoms with Crippen LogP contribution in [0, 0.1) is 0 Å². The summed E-state index contributed by atoms with van der Waals surface area (Å²) in [5.41, 5.74) is 2.34. The Morgan fingerprint density at radius 2 is 1.96 bits per heavy atom.